The summed E-state index contributed by atoms with van der Waals surface area (Å²) >= 11 is 0. The summed E-state index contributed by atoms with van der Waals surface area (Å²) < 4.78 is 10.8. The van der Waals surface area contributed by atoms with E-state index in [2.05, 4.69) is 5.32 Å². The van der Waals surface area contributed by atoms with Crippen LogP contribution in [0.3, 0.4) is 0 Å². The first kappa shape index (κ1) is 20.0. The Morgan fingerprint density at radius 1 is 1.12 bits per heavy atom. The van der Waals surface area contributed by atoms with Gasteiger partial charge in [-0.3, -0.25) is 9.59 Å². The number of hydrogen-bond acceptors (Lipinski definition) is 4. The van der Waals surface area contributed by atoms with Gasteiger partial charge in [-0.2, -0.15) is 0 Å². The largest absolute Gasteiger partial charge is 0.491 e. The molecule has 0 aromatic heterocycles. The molecule has 24 heavy (non-hydrogen) atoms. The van der Waals surface area contributed by atoms with E-state index in [1.807, 2.05) is 52.0 Å². The molecule has 0 aliphatic carbocycles. The molecule has 5 nitrogen and oxygen atoms in total. The number of benzene rings is 1. The topological polar surface area (TPSA) is 64.6 Å². The van der Waals surface area contributed by atoms with Crippen LogP contribution in [0.1, 0.15) is 53.0 Å². The van der Waals surface area contributed by atoms with Crippen LogP contribution >= 0.6 is 0 Å². The second-order valence-electron chi connectivity index (χ2n) is 6.14. The van der Waals surface area contributed by atoms with E-state index >= 15 is 0 Å². The number of esters is 1. The third kappa shape index (κ3) is 7.02. The molecule has 0 heterocycles. The quantitative estimate of drug-likeness (QED) is 0.704. The highest BCUT2D eigenvalue weighted by Crippen LogP contribution is 2.16. The summed E-state index contributed by atoms with van der Waals surface area (Å²) in [5, 5.41) is 2.88. The third-order valence-corrected chi connectivity index (χ3v) is 3.63. The Morgan fingerprint density at radius 3 is 2.38 bits per heavy atom. The first-order valence-corrected chi connectivity index (χ1v) is 8.61. The molecule has 0 saturated carbocycles. The van der Waals surface area contributed by atoms with E-state index in [9.17, 15) is 9.59 Å². The summed E-state index contributed by atoms with van der Waals surface area (Å²) in [4.78, 5) is 24.1. The second-order valence-corrected chi connectivity index (χ2v) is 6.14. The van der Waals surface area contributed by atoms with Crippen LogP contribution in [0.2, 0.25) is 0 Å². The summed E-state index contributed by atoms with van der Waals surface area (Å²) in [5.41, 5.74) is 0.797. The van der Waals surface area contributed by atoms with Crippen molar-refractivity contribution in [2.75, 3.05) is 0 Å². The number of rotatable bonds is 9. The van der Waals surface area contributed by atoms with Gasteiger partial charge in [-0.1, -0.05) is 26.0 Å². The molecule has 0 saturated heterocycles. The molecule has 5 heteroatoms. The van der Waals surface area contributed by atoms with Crippen molar-refractivity contribution in [3.05, 3.63) is 29.8 Å². The normalized spacial score (nSPS) is 12.1. The lowest BCUT2D eigenvalue weighted by Crippen LogP contribution is -2.41. The van der Waals surface area contributed by atoms with E-state index in [1.165, 1.54) is 0 Å². The molecule has 0 radical (unpaired) electrons. The van der Waals surface area contributed by atoms with Gasteiger partial charge >= 0.3 is 5.97 Å². The van der Waals surface area contributed by atoms with E-state index in [0.29, 0.717) is 0 Å². The fourth-order valence-electron chi connectivity index (χ4n) is 2.27. The summed E-state index contributed by atoms with van der Waals surface area (Å²) in [5.74, 6) is 0.0349. The Morgan fingerprint density at radius 2 is 1.79 bits per heavy atom. The molecule has 1 N–H and O–H groups in total. The highest BCUT2D eigenvalue weighted by Gasteiger charge is 2.20. The first-order chi connectivity index (χ1) is 11.3. The average Bonchev–Trinajstić information content (AvgIpc) is 2.51. The molecule has 1 aromatic carbocycles. The Kier molecular flexibility index (Phi) is 8.30. The number of amides is 1. The van der Waals surface area contributed by atoms with Gasteiger partial charge in [-0.05, 0) is 51.3 Å². The summed E-state index contributed by atoms with van der Waals surface area (Å²) in [6, 6.07) is 7.45. The van der Waals surface area contributed by atoms with Crippen molar-refractivity contribution < 1.29 is 19.1 Å². The number of hydrogen-bond donors (Lipinski definition) is 1. The van der Waals surface area contributed by atoms with Crippen molar-refractivity contribution in [2.45, 2.75) is 72.1 Å². The fraction of sp³-hybridized carbons (Fsp3) is 0.579. The van der Waals surface area contributed by atoms with Crippen molar-refractivity contribution in [1.82, 2.24) is 5.32 Å². The standard InChI is InChI=1S/C19H29NO4/c1-6-16(7-2)20-19(22)14(5)24-18(21)12-15-9-8-10-17(11-15)23-13(3)4/h8-11,13-14,16H,6-7,12H2,1-5H3,(H,20,22). The summed E-state index contributed by atoms with van der Waals surface area (Å²) in [7, 11) is 0. The minimum atomic E-state index is -0.798. The molecular formula is C19H29NO4. The Balaban J connectivity index is 2.54. The maximum Gasteiger partial charge on any atom is 0.311 e. The van der Waals surface area contributed by atoms with E-state index < -0.39 is 12.1 Å². The van der Waals surface area contributed by atoms with Crippen LogP contribution in [0.4, 0.5) is 0 Å². The zero-order chi connectivity index (χ0) is 18.1. The lowest BCUT2D eigenvalue weighted by atomic mass is 10.1. The predicted octanol–water partition coefficient (Wildman–Crippen LogP) is 3.25. The first-order valence-electron chi connectivity index (χ1n) is 8.61. The fourth-order valence-corrected chi connectivity index (χ4v) is 2.27. The number of carbonyl (C=O) groups excluding carboxylic acids is 2. The van der Waals surface area contributed by atoms with Crippen molar-refractivity contribution in [3.8, 4) is 5.75 Å². The molecule has 1 rings (SSSR count). The van der Waals surface area contributed by atoms with Crippen LogP contribution in [0, 0.1) is 0 Å². The molecule has 134 valence electrons. The maximum atomic E-state index is 12.0. The van der Waals surface area contributed by atoms with Gasteiger partial charge in [-0.25, -0.2) is 0 Å². The molecule has 1 atom stereocenters. The van der Waals surface area contributed by atoms with E-state index in [0.717, 1.165) is 24.2 Å². The molecule has 0 bridgehead atoms. The van der Waals surface area contributed by atoms with Gasteiger partial charge in [0, 0.05) is 6.04 Å². The van der Waals surface area contributed by atoms with Crippen LogP contribution in [0.15, 0.2) is 24.3 Å². The van der Waals surface area contributed by atoms with Crippen LogP contribution < -0.4 is 10.1 Å². The van der Waals surface area contributed by atoms with Crippen molar-refractivity contribution in [2.24, 2.45) is 0 Å². The van der Waals surface area contributed by atoms with Gasteiger partial charge in [0.15, 0.2) is 6.10 Å². The van der Waals surface area contributed by atoms with Crippen molar-refractivity contribution in [3.63, 3.8) is 0 Å². The molecule has 0 fully saturated rings. The SMILES string of the molecule is CCC(CC)NC(=O)C(C)OC(=O)Cc1cccc(OC(C)C)c1. The molecular weight excluding hydrogens is 306 g/mol. The zero-order valence-electron chi connectivity index (χ0n) is 15.3. The van der Waals surface area contributed by atoms with Gasteiger partial charge in [0.1, 0.15) is 5.75 Å². The Hall–Kier alpha value is -2.04. The lowest BCUT2D eigenvalue weighted by Gasteiger charge is -2.18. The average molecular weight is 335 g/mol. The number of nitrogens with one attached hydrogen (secondary N) is 1. The highest BCUT2D eigenvalue weighted by molar-refractivity contribution is 5.84. The van der Waals surface area contributed by atoms with Gasteiger partial charge in [0.05, 0.1) is 12.5 Å². The van der Waals surface area contributed by atoms with Gasteiger partial charge in [0.2, 0.25) is 0 Å². The van der Waals surface area contributed by atoms with Crippen LogP contribution in [-0.4, -0.2) is 30.1 Å². The van der Waals surface area contributed by atoms with Crippen LogP contribution in [0.5, 0.6) is 5.75 Å². The van der Waals surface area contributed by atoms with E-state index in [1.54, 1.807) is 6.92 Å². The van der Waals surface area contributed by atoms with E-state index in [4.69, 9.17) is 9.47 Å². The summed E-state index contributed by atoms with van der Waals surface area (Å²) in [6.45, 7) is 9.50. The molecule has 1 aromatic rings. The van der Waals surface area contributed by atoms with Gasteiger partial charge in [-0.15, -0.1) is 0 Å². The molecule has 1 amide bonds. The van der Waals surface area contributed by atoms with Gasteiger partial charge < -0.3 is 14.8 Å². The third-order valence-electron chi connectivity index (χ3n) is 3.63. The van der Waals surface area contributed by atoms with Crippen molar-refractivity contribution in [1.29, 1.82) is 0 Å². The Labute approximate surface area is 144 Å². The predicted molar refractivity (Wildman–Crippen MR) is 94.0 cm³/mol. The maximum absolute atomic E-state index is 12.0. The molecule has 0 aliphatic heterocycles. The lowest BCUT2D eigenvalue weighted by molar-refractivity contribution is -0.154. The Bertz CT molecular complexity index is 538. The van der Waals surface area contributed by atoms with Gasteiger partial charge in [0.25, 0.3) is 5.91 Å². The molecule has 0 spiro atoms. The van der Waals surface area contributed by atoms with Crippen LogP contribution in [0.25, 0.3) is 0 Å². The monoisotopic (exact) mass is 335 g/mol. The second kappa shape index (κ2) is 9.96. The minimum absolute atomic E-state index is 0.0704. The highest BCUT2D eigenvalue weighted by atomic mass is 16.5. The smallest absolute Gasteiger partial charge is 0.311 e. The zero-order valence-corrected chi connectivity index (χ0v) is 15.3. The van der Waals surface area contributed by atoms with E-state index in [-0.39, 0.29) is 24.5 Å². The summed E-state index contributed by atoms with van der Waals surface area (Å²) in [6.07, 6.45) is 1.09. The number of ether oxygens (including phenoxy) is 2. The molecule has 1 unspecified atom stereocenters. The molecule has 0 aliphatic rings. The minimum Gasteiger partial charge on any atom is -0.491 e. The van der Waals surface area contributed by atoms with Crippen LogP contribution in [-0.2, 0) is 20.7 Å². The number of carbonyl (C=O) groups is 2. The van der Waals surface area contributed by atoms with Crippen molar-refractivity contribution >= 4 is 11.9 Å².